The molecule has 0 atom stereocenters. The monoisotopic (exact) mass is 413 g/mol. The fourth-order valence-electron chi connectivity index (χ4n) is 3.72. The van der Waals surface area contributed by atoms with Crippen LogP contribution >= 0.6 is 0 Å². The van der Waals surface area contributed by atoms with Gasteiger partial charge in [-0.25, -0.2) is 13.4 Å². The third-order valence-electron chi connectivity index (χ3n) is 5.39. The lowest BCUT2D eigenvalue weighted by atomic mass is 9.96. The molecule has 0 spiro atoms. The van der Waals surface area contributed by atoms with Gasteiger partial charge in [0.15, 0.2) is 5.65 Å². The molecule has 1 N–H and O–H groups in total. The van der Waals surface area contributed by atoms with Crippen molar-refractivity contribution in [2.75, 3.05) is 12.4 Å². The molecule has 0 radical (unpaired) electrons. The molecule has 1 aliphatic rings. The fourth-order valence-corrected chi connectivity index (χ4v) is 5.18. The van der Waals surface area contributed by atoms with Crippen LogP contribution in [0, 0.1) is 0 Å². The molecule has 8 nitrogen and oxygen atoms in total. The molecule has 1 aliphatic carbocycles. The molecule has 3 aromatic rings. The maximum Gasteiger partial charge on any atom is 0.256 e. The van der Waals surface area contributed by atoms with E-state index in [0.29, 0.717) is 11.5 Å². The number of hydrogen-bond acceptors (Lipinski definition) is 5. The largest absolute Gasteiger partial charge is 0.306 e. The number of benzene rings is 1. The number of aromatic nitrogens is 3. The second-order valence-corrected chi connectivity index (χ2v) is 9.22. The highest BCUT2D eigenvalue weighted by atomic mass is 32.2. The summed E-state index contributed by atoms with van der Waals surface area (Å²) >= 11 is 0. The lowest BCUT2D eigenvalue weighted by molar-refractivity contribution is 0.102. The van der Waals surface area contributed by atoms with Gasteiger partial charge in [-0.15, -0.1) is 0 Å². The van der Waals surface area contributed by atoms with Crippen molar-refractivity contribution < 1.29 is 13.2 Å². The molecule has 0 saturated heterocycles. The highest BCUT2D eigenvalue weighted by Gasteiger charge is 2.29. The van der Waals surface area contributed by atoms with Crippen LogP contribution < -0.4 is 5.32 Å². The molecule has 29 heavy (non-hydrogen) atoms. The maximum absolute atomic E-state index is 13.1. The lowest BCUT2D eigenvalue weighted by Gasteiger charge is -2.30. The maximum atomic E-state index is 13.1. The Morgan fingerprint density at radius 2 is 1.93 bits per heavy atom. The van der Waals surface area contributed by atoms with Crippen LogP contribution in [0.4, 0.5) is 5.82 Å². The number of anilines is 1. The molecule has 1 fully saturated rings. The van der Waals surface area contributed by atoms with Crippen LogP contribution in [0.1, 0.15) is 42.5 Å². The zero-order valence-corrected chi connectivity index (χ0v) is 17.0. The normalized spacial score (nSPS) is 15.7. The first-order chi connectivity index (χ1) is 14.0. The fraction of sp³-hybridized carbons (Fsp3) is 0.350. The highest BCUT2D eigenvalue weighted by Crippen LogP contribution is 2.27. The van der Waals surface area contributed by atoms with Crippen molar-refractivity contribution in [1.82, 2.24) is 18.9 Å². The minimum atomic E-state index is -3.67. The summed E-state index contributed by atoms with van der Waals surface area (Å²) in [6, 6.07) is 9.51. The Bertz CT molecular complexity index is 1140. The Balaban J connectivity index is 1.58. The van der Waals surface area contributed by atoms with Gasteiger partial charge in [-0.2, -0.15) is 13.9 Å². The summed E-state index contributed by atoms with van der Waals surface area (Å²) in [5, 5.41) is 6.91. The van der Waals surface area contributed by atoms with Gasteiger partial charge in [-0.1, -0.05) is 25.3 Å². The third kappa shape index (κ3) is 3.88. The Morgan fingerprint density at radius 1 is 1.14 bits per heavy atom. The van der Waals surface area contributed by atoms with Crippen LogP contribution in [0.25, 0.3) is 5.65 Å². The van der Waals surface area contributed by atoms with E-state index in [4.69, 9.17) is 0 Å². The van der Waals surface area contributed by atoms with E-state index in [1.54, 1.807) is 43.7 Å². The molecular weight excluding hydrogens is 390 g/mol. The lowest BCUT2D eigenvalue weighted by Crippen LogP contribution is -2.38. The minimum absolute atomic E-state index is 0.0103. The molecule has 152 valence electrons. The SMILES string of the molecule is CN(C1CCCCC1)S(=O)(=O)c1cccc(C(=O)Nc2ccnc3ccnn23)c1. The summed E-state index contributed by atoms with van der Waals surface area (Å²) in [5.74, 6) is 0.0444. The average Bonchev–Trinajstić information content (AvgIpc) is 3.24. The number of sulfonamides is 1. The van der Waals surface area contributed by atoms with Crippen LogP contribution in [-0.4, -0.2) is 46.3 Å². The summed E-state index contributed by atoms with van der Waals surface area (Å²) in [4.78, 5) is 17.0. The Labute approximate surface area is 169 Å². The van der Waals surface area contributed by atoms with Crippen molar-refractivity contribution in [3.05, 3.63) is 54.4 Å². The van der Waals surface area contributed by atoms with Crippen LogP contribution in [0.2, 0.25) is 0 Å². The highest BCUT2D eigenvalue weighted by molar-refractivity contribution is 7.89. The third-order valence-corrected chi connectivity index (χ3v) is 7.30. The first-order valence-electron chi connectivity index (χ1n) is 9.65. The van der Waals surface area contributed by atoms with E-state index in [2.05, 4.69) is 15.4 Å². The first-order valence-corrected chi connectivity index (χ1v) is 11.1. The predicted molar refractivity (Wildman–Crippen MR) is 109 cm³/mol. The van der Waals surface area contributed by atoms with E-state index in [1.807, 2.05) is 0 Å². The number of nitrogens with one attached hydrogen (secondary N) is 1. The first kappa shape index (κ1) is 19.5. The van der Waals surface area contributed by atoms with Crippen molar-refractivity contribution in [3.8, 4) is 0 Å². The van der Waals surface area contributed by atoms with E-state index in [-0.39, 0.29) is 16.5 Å². The molecule has 2 aromatic heterocycles. The molecule has 1 aromatic carbocycles. The van der Waals surface area contributed by atoms with Crippen molar-refractivity contribution in [2.24, 2.45) is 0 Å². The van der Waals surface area contributed by atoms with Gasteiger partial charge >= 0.3 is 0 Å². The standard InChI is InChI=1S/C20H23N5O3S/c1-24(16-7-3-2-4-8-16)29(27,28)17-9-5-6-15(14-17)20(26)23-19-10-12-21-18-11-13-22-25(18)19/h5-6,9-14,16H,2-4,7-8H2,1H3,(H,23,26). The van der Waals surface area contributed by atoms with Crippen LogP contribution in [0.5, 0.6) is 0 Å². The van der Waals surface area contributed by atoms with Gasteiger partial charge in [0.25, 0.3) is 5.91 Å². The molecule has 0 unspecified atom stereocenters. The molecule has 2 heterocycles. The van der Waals surface area contributed by atoms with Crippen molar-refractivity contribution in [1.29, 1.82) is 0 Å². The van der Waals surface area contributed by atoms with E-state index >= 15 is 0 Å². The number of fused-ring (bicyclic) bond motifs is 1. The second kappa shape index (κ2) is 7.92. The van der Waals surface area contributed by atoms with Gasteiger partial charge < -0.3 is 5.32 Å². The summed E-state index contributed by atoms with van der Waals surface area (Å²) in [6.07, 6.45) is 8.15. The number of nitrogens with zero attached hydrogens (tertiary/aromatic N) is 4. The Morgan fingerprint density at radius 3 is 2.72 bits per heavy atom. The van der Waals surface area contributed by atoms with Crippen molar-refractivity contribution in [2.45, 2.75) is 43.0 Å². The topological polar surface area (TPSA) is 96.7 Å². The molecule has 4 rings (SSSR count). The van der Waals surface area contributed by atoms with E-state index < -0.39 is 15.9 Å². The van der Waals surface area contributed by atoms with Gasteiger partial charge in [-0.3, -0.25) is 4.79 Å². The van der Waals surface area contributed by atoms with Gasteiger partial charge in [0.2, 0.25) is 10.0 Å². The van der Waals surface area contributed by atoms with E-state index in [0.717, 1.165) is 32.1 Å². The van der Waals surface area contributed by atoms with Crippen molar-refractivity contribution >= 4 is 27.4 Å². The summed E-state index contributed by atoms with van der Waals surface area (Å²) < 4.78 is 29.1. The van der Waals surface area contributed by atoms with E-state index in [9.17, 15) is 13.2 Å². The summed E-state index contributed by atoms with van der Waals surface area (Å²) in [5.41, 5.74) is 0.869. The second-order valence-electron chi connectivity index (χ2n) is 7.23. The zero-order chi connectivity index (χ0) is 20.4. The predicted octanol–water partition coefficient (Wildman–Crippen LogP) is 2.93. The van der Waals surface area contributed by atoms with Gasteiger partial charge in [0, 0.05) is 30.9 Å². The molecule has 1 saturated carbocycles. The van der Waals surface area contributed by atoms with Gasteiger partial charge in [-0.05, 0) is 37.1 Å². The van der Waals surface area contributed by atoms with Gasteiger partial charge in [0.05, 0.1) is 11.1 Å². The van der Waals surface area contributed by atoms with Crippen LogP contribution in [0.15, 0.2) is 53.7 Å². The number of carbonyl (C=O) groups is 1. The Hall–Kier alpha value is -2.78. The van der Waals surface area contributed by atoms with Crippen LogP contribution in [0.3, 0.4) is 0 Å². The molecule has 0 bridgehead atoms. The summed E-state index contributed by atoms with van der Waals surface area (Å²) in [6.45, 7) is 0. The zero-order valence-electron chi connectivity index (χ0n) is 16.2. The molecule has 0 aliphatic heterocycles. The average molecular weight is 414 g/mol. The van der Waals surface area contributed by atoms with Gasteiger partial charge in [0.1, 0.15) is 5.82 Å². The number of rotatable bonds is 5. The Kier molecular flexibility index (Phi) is 5.33. The number of amides is 1. The number of hydrogen-bond donors (Lipinski definition) is 1. The van der Waals surface area contributed by atoms with E-state index in [1.165, 1.54) is 21.0 Å². The number of carbonyl (C=O) groups excluding carboxylic acids is 1. The molecule has 9 heteroatoms. The van der Waals surface area contributed by atoms with Crippen molar-refractivity contribution in [3.63, 3.8) is 0 Å². The smallest absolute Gasteiger partial charge is 0.256 e. The summed E-state index contributed by atoms with van der Waals surface area (Å²) in [7, 11) is -2.04. The molecule has 1 amide bonds. The quantitative estimate of drug-likeness (QED) is 0.694. The molecular formula is C20H23N5O3S. The minimum Gasteiger partial charge on any atom is -0.306 e. The van der Waals surface area contributed by atoms with Crippen LogP contribution in [-0.2, 0) is 10.0 Å².